The number of amides is 1. The van der Waals surface area contributed by atoms with Crippen molar-refractivity contribution < 1.29 is 13.2 Å². The summed E-state index contributed by atoms with van der Waals surface area (Å²) in [7, 11) is -3.76. The van der Waals surface area contributed by atoms with Crippen molar-refractivity contribution in [2.45, 2.75) is 37.6 Å². The minimum Gasteiger partial charge on any atom is -0.349 e. The number of benzene rings is 2. The Labute approximate surface area is 142 Å². The summed E-state index contributed by atoms with van der Waals surface area (Å²) in [6, 6.07) is 12.1. The van der Waals surface area contributed by atoms with Crippen LogP contribution < -0.4 is 10.0 Å². The van der Waals surface area contributed by atoms with E-state index in [1.165, 1.54) is 6.07 Å². The van der Waals surface area contributed by atoms with Gasteiger partial charge in [-0.25, -0.2) is 8.42 Å². The predicted molar refractivity (Wildman–Crippen MR) is 93.7 cm³/mol. The normalized spacial score (nSPS) is 14.2. The number of hydrogen-bond donors (Lipinski definition) is 2. The van der Waals surface area contributed by atoms with Crippen LogP contribution in [-0.4, -0.2) is 20.4 Å². The molecule has 1 aliphatic rings. The largest absolute Gasteiger partial charge is 0.349 e. The molecule has 3 rings (SSSR count). The first-order valence-electron chi connectivity index (χ1n) is 7.86. The zero-order valence-corrected chi connectivity index (χ0v) is 14.5. The topological polar surface area (TPSA) is 75.3 Å². The van der Waals surface area contributed by atoms with E-state index in [0.29, 0.717) is 16.8 Å². The van der Waals surface area contributed by atoms with Crippen molar-refractivity contribution in [1.82, 2.24) is 5.32 Å². The van der Waals surface area contributed by atoms with Gasteiger partial charge in [0.2, 0.25) is 0 Å². The van der Waals surface area contributed by atoms with E-state index in [9.17, 15) is 13.2 Å². The molecule has 0 bridgehead atoms. The second kappa shape index (κ2) is 6.28. The first-order valence-corrected chi connectivity index (χ1v) is 9.34. The number of anilines is 1. The van der Waals surface area contributed by atoms with E-state index in [4.69, 9.17) is 0 Å². The molecule has 0 atom stereocenters. The lowest BCUT2D eigenvalue weighted by atomic mass is 10.1. The fourth-order valence-electron chi connectivity index (χ4n) is 2.36. The summed E-state index contributed by atoms with van der Waals surface area (Å²) in [6.07, 6.45) is 1.97. The van der Waals surface area contributed by atoms with Crippen molar-refractivity contribution in [2.24, 2.45) is 0 Å². The van der Waals surface area contributed by atoms with Gasteiger partial charge in [0, 0.05) is 17.3 Å². The third-order valence-electron chi connectivity index (χ3n) is 3.96. The molecule has 1 fully saturated rings. The van der Waals surface area contributed by atoms with Gasteiger partial charge in [0.05, 0.1) is 4.90 Å². The Morgan fingerprint density at radius 2 is 1.71 bits per heavy atom. The monoisotopic (exact) mass is 344 g/mol. The third kappa shape index (κ3) is 3.76. The van der Waals surface area contributed by atoms with Crippen LogP contribution >= 0.6 is 0 Å². The van der Waals surface area contributed by atoms with Crippen LogP contribution in [0, 0.1) is 13.8 Å². The number of nitrogens with one attached hydrogen (secondary N) is 2. The SMILES string of the molecule is Cc1ccc(NS(=O)(=O)c2cc(C(=O)NC3CC3)ccc2C)cc1. The van der Waals surface area contributed by atoms with E-state index in [1.807, 2.05) is 19.1 Å². The summed E-state index contributed by atoms with van der Waals surface area (Å²) in [5.74, 6) is -0.232. The summed E-state index contributed by atoms with van der Waals surface area (Å²) < 4.78 is 27.9. The molecule has 0 heterocycles. The minimum atomic E-state index is -3.76. The van der Waals surface area contributed by atoms with Gasteiger partial charge < -0.3 is 5.32 Å². The second-order valence-electron chi connectivity index (χ2n) is 6.20. The summed E-state index contributed by atoms with van der Waals surface area (Å²) in [4.78, 5) is 12.3. The lowest BCUT2D eigenvalue weighted by molar-refractivity contribution is 0.0951. The van der Waals surface area contributed by atoms with Crippen molar-refractivity contribution in [1.29, 1.82) is 0 Å². The van der Waals surface area contributed by atoms with Crippen LogP contribution in [-0.2, 0) is 10.0 Å². The average Bonchev–Trinajstić information content (AvgIpc) is 3.33. The fourth-order valence-corrected chi connectivity index (χ4v) is 3.69. The molecule has 0 saturated heterocycles. The number of aryl methyl sites for hydroxylation is 2. The molecule has 0 radical (unpaired) electrons. The van der Waals surface area contributed by atoms with Gasteiger partial charge in [-0.2, -0.15) is 0 Å². The van der Waals surface area contributed by atoms with Gasteiger partial charge in [-0.3, -0.25) is 9.52 Å². The molecular weight excluding hydrogens is 324 g/mol. The number of hydrogen-bond acceptors (Lipinski definition) is 3. The maximum absolute atomic E-state index is 12.7. The first kappa shape index (κ1) is 16.5. The molecule has 2 N–H and O–H groups in total. The molecule has 24 heavy (non-hydrogen) atoms. The van der Waals surface area contributed by atoms with Crippen LogP contribution in [0.25, 0.3) is 0 Å². The first-order chi connectivity index (χ1) is 11.3. The molecule has 0 aromatic heterocycles. The van der Waals surface area contributed by atoms with E-state index >= 15 is 0 Å². The lowest BCUT2D eigenvalue weighted by Gasteiger charge is -2.12. The number of carbonyl (C=O) groups excluding carboxylic acids is 1. The maximum atomic E-state index is 12.7. The molecule has 6 heteroatoms. The Morgan fingerprint density at radius 1 is 1.04 bits per heavy atom. The Morgan fingerprint density at radius 3 is 2.33 bits per heavy atom. The van der Waals surface area contributed by atoms with Gasteiger partial charge in [0.1, 0.15) is 0 Å². The Hall–Kier alpha value is -2.34. The molecule has 0 unspecified atom stereocenters. The summed E-state index contributed by atoms with van der Waals surface area (Å²) >= 11 is 0. The summed E-state index contributed by atoms with van der Waals surface area (Å²) in [6.45, 7) is 3.65. The third-order valence-corrected chi connectivity index (χ3v) is 5.48. The standard InChI is InChI=1S/C18H20N2O3S/c1-12-3-7-16(8-4-12)20-24(22,23)17-11-14(6-5-13(17)2)18(21)19-15-9-10-15/h3-8,11,15,20H,9-10H2,1-2H3,(H,19,21). The number of sulfonamides is 1. The molecule has 0 spiro atoms. The fraction of sp³-hybridized carbons (Fsp3) is 0.278. The molecule has 2 aromatic carbocycles. The summed E-state index contributed by atoms with van der Waals surface area (Å²) in [5, 5.41) is 2.87. The van der Waals surface area contributed by atoms with Crippen molar-refractivity contribution in [2.75, 3.05) is 4.72 Å². The van der Waals surface area contributed by atoms with Crippen LogP contribution in [0.5, 0.6) is 0 Å². The molecule has 1 saturated carbocycles. The Balaban J connectivity index is 1.88. The van der Waals surface area contributed by atoms with Crippen molar-refractivity contribution in [3.05, 3.63) is 59.2 Å². The highest BCUT2D eigenvalue weighted by molar-refractivity contribution is 7.92. The van der Waals surface area contributed by atoms with Gasteiger partial charge in [-0.15, -0.1) is 0 Å². The van der Waals surface area contributed by atoms with Gasteiger partial charge in [-0.1, -0.05) is 23.8 Å². The van der Waals surface area contributed by atoms with Crippen molar-refractivity contribution >= 4 is 21.6 Å². The smallest absolute Gasteiger partial charge is 0.262 e. The van der Waals surface area contributed by atoms with Crippen LogP contribution in [0.15, 0.2) is 47.4 Å². The minimum absolute atomic E-state index is 0.117. The highest BCUT2D eigenvalue weighted by Gasteiger charge is 2.25. The van der Waals surface area contributed by atoms with E-state index in [2.05, 4.69) is 10.0 Å². The highest BCUT2D eigenvalue weighted by Crippen LogP contribution is 2.23. The van der Waals surface area contributed by atoms with Crippen molar-refractivity contribution in [3.63, 3.8) is 0 Å². The highest BCUT2D eigenvalue weighted by atomic mass is 32.2. The van der Waals surface area contributed by atoms with Gasteiger partial charge >= 0.3 is 0 Å². The Bertz CT molecular complexity index is 870. The second-order valence-corrected chi connectivity index (χ2v) is 7.85. The van der Waals surface area contributed by atoms with Crippen molar-refractivity contribution in [3.8, 4) is 0 Å². The van der Waals surface area contributed by atoms with Crippen LogP contribution in [0.2, 0.25) is 0 Å². The average molecular weight is 344 g/mol. The van der Waals surface area contributed by atoms with Crippen LogP contribution in [0.4, 0.5) is 5.69 Å². The molecule has 1 aliphatic carbocycles. The molecule has 2 aromatic rings. The predicted octanol–water partition coefficient (Wildman–Crippen LogP) is 3.00. The van der Waals surface area contributed by atoms with E-state index in [1.54, 1.807) is 31.2 Å². The molecule has 0 aliphatic heterocycles. The van der Waals surface area contributed by atoms with E-state index in [0.717, 1.165) is 18.4 Å². The Kier molecular flexibility index (Phi) is 4.32. The molecule has 1 amide bonds. The number of rotatable bonds is 5. The molecular formula is C18H20N2O3S. The molecule has 5 nitrogen and oxygen atoms in total. The summed E-state index contributed by atoms with van der Waals surface area (Å²) in [5.41, 5.74) is 2.50. The zero-order chi connectivity index (χ0) is 17.3. The van der Waals surface area contributed by atoms with E-state index in [-0.39, 0.29) is 16.8 Å². The van der Waals surface area contributed by atoms with Crippen LogP contribution in [0.1, 0.15) is 34.3 Å². The molecule has 126 valence electrons. The zero-order valence-electron chi connectivity index (χ0n) is 13.7. The van der Waals surface area contributed by atoms with Gasteiger partial charge in [-0.05, 0) is 56.5 Å². The maximum Gasteiger partial charge on any atom is 0.262 e. The van der Waals surface area contributed by atoms with Crippen LogP contribution in [0.3, 0.4) is 0 Å². The van der Waals surface area contributed by atoms with E-state index < -0.39 is 10.0 Å². The van der Waals surface area contributed by atoms with Gasteiger partial charge in [0.15, 0.2) is 0 Å². The van der Waals surface area contributed by atoms with Gasteiger partial charge in [0.25, 0.3) is 15.9 Å². The lowest BCUT2D eigenvalue weighted by Crippen LogP contribution is -2.26. The number of carbonyl (C=O) groups is 1. The quantitative estimate of drug-likeness (QED) is 0.875.